The van der Waals surface area contributed by atoms with Crippen LogP contribution in [-0.2, 0) is 0 Å². The molecule has 0 fully saturated rings. The van der Waals surface area contributed by atoms with E-state index in [9.17, 15) is 9.59 Å². The van der Waals surface area contributed by atoms with Crippen LogP contribution in [0.5, 0.6) is 11.5 Å². The van der Waals surface area contributed by atoms with Gasteiger partial charge in [-0.2, -0.15) is 0 Å². The summed E-state index contributed by atoms with van der Waals surface area (Å²) in [6.07, 6.45) is -0.0574. The maximum atomic E-state index is 12.1. The lowest BCUT2D eigenvalue weighted by molar-refractivity contribution is 0.0660. The van der Waals surface area contributed by atoms with Gasteiger partial charge in [0, 0.05) is 11.8 Å². The van der Waals surface area contributed by atoms with Gasteiger partial charge in [-0.1, -0.05) is 0 Å². The van der Waals surface area contributed by atoms with Gasteiger partial charge in [0.25, 0.3) is 5.91 Å². The van der Waals surface area contributed by atoms with Crippen LogP contribution in [0, 0.1) is 0 Å². The molecule has 2 rings (SSSR count). The smallest absolute Gasteiger partial charge is 0.371 e. The van der Waals surface area contributed by atoms with Gasteiger partial charge in [0.1, 0.15) is 0 Å². The average Bonchev–Trinajstić information content (AvgIpc) is 2.97. The highest BCUT2D eigenvalue weighted by Gasteiger charge is 2.16. The van der Waals surface area contributed by atoms with Gasteiger partial charge in [0.2, 0.25) is 5.76 Å². The lowest BCUT2D eigenvalue weighted by Crippen LogP contribution is -2.12. The second kappa shape index (κ2) is 6.87. The van der Waals surface area contributed by atoms with Gasteiger partial charge >= 0.3 is 5.97 Å². The number of carbonyl (C=O) groups excluding carboxylic acids is 1. The maximum Gasteiger partial charge on any atom is 0.371 e. The zero-order valence-electron chi connectivity index (χ0n) is 13.0. The minimum atomic E-state index is -1.24. The van der Waals surface area contributed by atoms with Crippen molar-refractivity contribution in [2.24, 2.45) is 0 Å². The molecule has 1 heterocycles. The third-order valence-corrected chi connectivity index (χ3v) is 2.82. The van der Waals surface area contributed by atoms with Crippen molar-refractivity contribution in [1.29, 1.82) is 0 Å². The largest absolute Gasteiger partial charge is 0.493 e. The molecule has 23 heavy (non-hydrogen) atoms. The fourth-order valence-corrected chi connectivity index (χ4v) is 1.87. The standard InChI is InChI=1S/C16H17NO6/c1-9(2)22-14-8-10(4-5-11(14)21-3)17-15(18)12-6-7-13(23-12)16(19)20/h4-9H,1-3H3,(H,17,18)(H,19,20). The summed E-state index contributed by atoms with van der Waals surface area (Å²) >= 11 is 0. The number of hydrogen-bond donors (Lipinski definition) is 2. The fraction of sp³-hybridized carbons (Fsp3) is 0.250. The predicted molar refractivity (Wildman–Crippen MR) is 82.4 cm³/mol. The number of rotatable bonds is 6. The highest BCUT2D eigenvalue weighted by atomic mass is 16.5. The molecular formula is C16H17NO6. The predicted octanol–water partition coefficient (Wildman–Crippen LogP) is 3.03. The zero-order chi connectivity index (χ0) is 17.0. The molecule has 2 N–H and O–H groups in total. The summed E-state index contributed by atoms with van der Waals surface area (Å²) in [5, 5.41) is 11.4. The molecule has 0 atom stereocenters. The molecule has 0 aliphatic rings. The Morgan fingerprint density at radius 3 is 2.39 bits per heavy atom. The molecule has 1 amide bonds. The molecule has 122 valence electrons. The number of benzene rings is 1. The number of anilines is 1. The van der Waals surface area contributed by atoms with E-state index in [1.54, 1.807) is 18.2 Å². The highest BCUT2D eigenvalue weighted by molar-refractivity contribution is 6.03. The third-order valence-electron chi connectivity index (χ3n) is 2.82. The minimum absolute atomic E-state index is 0.0574. The number of aromatic carboxylic acids is 1. The summed E-state index contributed by atoms with van der Waals surface area (Å²) in [7, 11) is 1.52. The first-order chi connectivity index (χ1) is 10.9. The topological polar surface area (TPSA) is 98.0 Å². The van der Waals surface area contributed by atoms with Crippen LogP contribution >= 0.6 is 0 Å². The highest BCUT2D eigenvalue weighted by Crippen LogP contribution is 2.31. The van der Waals surface area contributed by atoms with Crippen LogP contribution in [-0.4, -0.2) is 30.2 Å². The SMILES string of the molecule is COc1ccc(NC(=O)c2ccc(C(=O)O)o2)cc1OC(C)C. The van der Waals surface area contributed by atoms with Crippen molar-refractivity contribution in [2.45, 2.75) is 20.0 Å². The van der Waals surface area contributed by atoms with Gasteiger partial charge in [0.15, 0.2) is 17.3 Å². The first kappa shape index (κ1) is 16.4. The van der Waals surface area contributed by atoms with Crippen LogP contribution in [0.25, 0.3) is 0 Å². The molecule has 7 nitrogen and oxygen atoms in total. The van der Waals surface area contributed by atoms with E-state index in [2.05, 4.69) is 5.32 Å². The minimum Gasteiger partial charge on any atom is -0.493 e. The monoisotopic (exact) mass is 319 g/mol. The van der Waals surface area contributed by atoms with Crippen LogP contribution in [0.15, 0.2) is 34.7 Å². The molecule has 7 heteroatoms. The molecule has 0 unspecified atom stereocenters. The summed E-state index contributed by atoms with van der Waals surface area (Å²) < 4.78 is 15.8. The molecule has 0 saturated heterocycles. The normalized spacial score (nSPS) is 10.4. The van der Waals surface area contributed by atoms with E-state index in [-0.39, 0.29) is 17.6 Å². The van der Waals surface area contributed by atoms with E-state index in [1.807, 2.05) is 13.8 Å². The quantitative estimate of drug-likeness (QED) is 0.849. The molecule has 0 radical (unpaired) electrons. The van der Waals surface area contributed by atoms with E-state index in [0.717, 1.165) is 0 Å². The van der Waals surface area contributed by atoms with Crippen molar-refractivity contribution in [1.82, 2.24) is 0 Å². The van der Waals surface area contributed by atoms with Crippen molar-refractivity contribution in [3.63, 3.8) is 0 Å². The number of ether oxygens (including phenoxy) is 2. The summed E-state index contributed by atoms with van der Waals surface area (Å²) in [6, 6.07) is 7.45. The van der Waals surface area contributed by atoms with Crippen LogP contribution in [0.3, 0.4) is 0 Å². The van der Waals surface area contributed by atoms with Gasteiger partial charge in [-0.15, -0.1) is 0 Å². The van der Waals surface area contributed by atoms with Crippen molar-refractivity contribution >= 4 is 17.6 Å². The Kier molecular flexibility index (Phi) is 4.90. The van der Waals surface area contributed by atoms with E-state index >= 15 is 0 Å². The third kappa shape index (κ3) is 4.03. The van der Waals surface area contributed by atoms with Gasteiger partial charge < -0.3 is 24.3 Å². The Morgan fingerprint density at radius 2 is 1.83 bits per heavy atom. The van der Waals surface area contributed by atoms with Gasteiger partial charge in [-0.05, 0) is 38.1 Å². The molecule has 0 saturated carbocycles. The number of carboxylic acids is 1. The molecular weight excluding hydrogens is 302 g/mol. The van der Waals surface area contributed by atoms with Crippen molar-refractivity contribution in [3.8, 4) is 11.5 Å². The lowest BCUT2D eigenvalue weighted by Gasteiger charge is -2.14. The molecule has 1 aromatic heterocycles. The Morgan fingerprint density at radius 1 is 1.13 bits per heavy atom. The van der Waals surface area contributed by atoms with Gasteiger partial charge in [-0.3, -0.25) is 4.79 Å². The van der Waals surface area contributed by atoms with Gasteiger partial charge in [-0.25, -0.2) is 4.79 Å². The van der Waals surface area contributed by atoms with Gasteiger partial charge in [0.05, 0.1) is 13.2 Å². The van der Waals surface area contributed by atoms with Crippen LogP contribution in [0.4, 0.5) is 5.69 Å². The summed E-state index contributed by atoms with van der Waals surface area (Å²) in [5.41, 5.74) is 0.472. The average molecular weight is 319 g/mol. The molecule has 0 aliphatic heterocycles. The first-order valence-electron chi connectivity index (χ1n) is 6.90. The molecule has 2 aromatic rings. The number of furan rings is 1. The molecule has 0 bridgehead atoms. The number of carbonyl (C=O) groups is 2. The molecule has 1 aromatic carbocycles. The maximum absolute atomic E-state index is 12.1. The molecule has 0 spiro atoms. The summed E-state index contributed by atoms with van der Waals surface area (Å²) in [6.45, 7) is 3.75. The van der Waals surface area contributed by atoms with E-state index in [0.29, 0.717) is 17.2 Å². The van der Waals surface area contributed by atoms with Crippen molar-refractivity contribution in [3.05, 3.63) is 41.9 Å². The van der Waals surface area contributed by atoms with Crippen LogP contribution in [0.1, 0.15) is 35.0 Å². The zero-order valence-corrected chi connectivity index (χ0v) is 13.0. The number of methoxy groups -OCH3 is 1. The van der Waals surface area contributed by atoms with Crippen molar-refractivity contribution in [2.75, 3.05) is 12.4 Å². The number of carboxylic acid groups (broad SMARTS) is 1. The second-order valence-electron chi connectivity index (χ2n) is 4.96. The lowest BCUT2D eigenvalue weighted by atomic mass is 10.2. The Labute approximate surface area is 132 Å². The number of nitrogens with one attached hydrogen (secondary N) is 1. The fourth-order valence-electron chi connectivity index (χ4n) is 1.87. The Hall–Kier alpha value is -2.96. The second-order valence-corrected chi connectivity index (χ2v) is 4.96. The van der Waals surface area contributed by atoms with Crippen LogP contribution < -0.4 is 14.8 Å². The summed E-state index contributed by atoms with van der Waals surface area (Å²) in [4.78, 5) is 22.8. The summed E-state index contributed by atoms with van der Waals surface area (Å²) in [5.74, 6) is -1.15. The molecule has 0 aliphatic carbocycles. The van der Waals surface area contributed by atoms with Crippen LogP contribution in [0.2, 0.25) is 0 Å². The first-order valence-corrected chi connectivity index (χ1v) is 6.90. The number of amides is 1. The number of hydrogen-bond acceptors (Lipinski definition) is 5. The van der Waals surface area contributed by atoms with E-state index in [4.69, 9.17) is 19.0 Å². The Bertz CT molecular complexity index is 719. The van der Waals surface area contributed by atoms with E-state index in [1.165, 1.54) is 19.2 Å². The van der Waals surface area contributed by atoms with Crippen molar-refractivity contribution < 1.29 is 28.6 Å². The Balaban J connectivity index is 2.18. The van der Waals surface area contributed by atoms with E-state index < -0.39 is 11.9 Å².